The van der Waals surface area contributed by atoms with E-state index in [0.717, 1.165) is 79.9 Å². The number of nitrogens with zero attached hydrogens (tertiary/aromatic N) is 2. The third kappa shape index (κ3) is 6.38. The molecule has 2 heterocycles. The van der Waals surface area contributed by atoms with Crippen LogP contribution < -0.4 is 11.1 Å². The summed E-state index contributed by atoms with van der Waals surface area (Å²) in [5.74, 6) is 0.485. The van der Waals surface area contributed by atoms with Crippen LogP contribution in [0.3, 0.4) is 0 Å². The Kier molecular flexibility index (Phi) is 7.97. The Balaban J connectivity index is 1.14. The van der Waals surface area contributed by atoms with Crippen molar-refractivity contribution >= 4 is 11.6 Å². The smallest absolute Gasteiger partial charge is 0.224 e. The van der Waals surface area contributed by atoms with E-state index in [1.54, 1.807) is 6.20 Å². The lowest BCUT2D eigenvalue weighted by Gasteiger charge is -2.49. The summed E-state index contributed by atoms with van der Waals surface area (Å²) in [6.45, 7) is 5.57. The zero-order valence-electron chi connectivity index (χ0n) is 24.0. The molecule has 2 aliphatic carbocycles. The van der Waals surface area contributed by atoms with Crippen LogP contribution >= 0.6 is 0 Å². The van der Waals surface area contributed by atoms with Crippen molar-refractivity contribution in [2.45, 2.75) is 69.1 Å². The van der Waals surface area contributed by atoms with E-state index < -0.39 is 11.1 Å². The van der Waals surface area contributed by atoms with E-state index in [0.29, 0.717) is 36.9 Å². The summed E-state index contributed by atoms with van der Waals surface area (Å²) in [6.07, 6.45) is 7.93. The van der Waals surface area contributed by atoms with Gasteiger partial charge >= 0.3 is 0 Å². The normalized spacial score (nSPS) is 28.6. The number of hydrogen-bond donors (Lipinski definition) is 3. The van der Waals surface area contributed by atoms with Crippen LogP contribution in [-0.4, -0.2) is 58.8 Å². The molecule has 0 radical (unpaired) electrons. The Hall–Kier alpha value is -3.10. The highest BCUT2D eigenvalue weighted by molar-refractivity contribution is 5.93. The minimum atomic E-state index is -0.696. The van der Waals surface area contributed by atoms with Crippen molar-refractivity contribution in [2.75, 3.05) is 31.6 Å². The van der Waals surface area contributed by atoms with E-state index >= 15 is 0 Å². The van der Waals surface area contributed by atoms with Crippen LogP contribution in [0, 0.1) is 5.92 Å². The maximum absolute atomic E-state index is 13.1. The molecule has 1 aliphatic heterocycles. The van der Waals surface area contributed by atoms with Crippen LogP contribution in [0.2, 0.25) is 0 Å². The average Bonchev–Trinajstić information content (AvgIpc) is 2.97. The molecule has 6 rings (SSSR count). The number of carbonyl (C=O) groups excluding carboxylic acids is 1. The van der Waals surface area contributed by atoms with Gasteiger partial charge in [-0.1, -0.05) is 54.6 Å². The summed E-state index contributed by atoms with van der Waals surface area (Å²) in [6, 6.07) is 21.0. The lowest BCUT2D eigenvalue weighted by molar-refractivity contribution is -0.117. The number of amides is 1. The quantitative estimate of drug-likeness (QED) is 0.365. The number of rotatable bonds is 7. The molecule has 3 aromatic rings. The number of aromatic nitrogens is 1. The van der Waals surface area contributed by atoms with E-state index in [2.05, 4.69) is 34.5 Å². The molecule has 2 saturated carbocycles. The fraction of sp³-hybridized carbons (Fsp3) is 0.471. The third-order valence-electron chi connectivity index (χ3n) is 9.23. The van der Waals surface area contributed by atoms with Gasteiger partial charge in [0.05, 0.1) is 36.4 Å². The Morgan fingerprint density at radius 2 is 1.71 bits per heavy atom. The first-order chi connectivity index (χ1) is 19.8. The first kappa shape index (κ1) is 28.0. The van der Waals surface area contributed by atoms with Gasteiger partial charge in [-0.2, -0.15) is 0 Å². The molecule has 3 aliphatic rings. The van der Waals surface area contributed by atoms with E-state index in [9.17, 15) is 9.90 Å². The predicted octanol–water partition coefficient (Wildman–Crippen LogP) is 5.33. The number of aliphatic hydroxyl groups is 1. The van der Waals surface area contributed by atoms with Gasteiger partial charge in [-0.25, -0.2) is 0 Å². The maximum Gasteiger partial charge on any atom is 0.224 e. The molecule has 0 unspecified atom stereocenters. The largest absolute Gasteiger partial charge is 0.390 e. The number of pyridine rings is 1. The number of ether oxygens (including phenoxy) is 1. The average molecular weight is 555 g/mol. The van der Waals surface area contributed by atoms with Gasteiger partial charge in [-0.3, -0.25) is 14.7 Å². The van der Waals surface area contributed by atoms with Gasteiger partial charge in [0, 0.05) is 42.2 Å². The monoisotopic (exact) mass is 554 g/mol. The van der Waals surface area contributed by atoms with Crippen molar-refractivity contribution in [1.82, 2.24) is 9.88 Å². The molecular formula is C34H42N4O3. The molecule has 0 atom stereocenters. The van der Waals surface area contributed by atoms with Gasteiger partial charge in [-0.05, 0) is 68.6 Å². The summed E-state index contributed by atoms with van der Waals surface area (Å²) in [4.78, 5) is 20.5. The zero-order chi connectivity index (χ0) is 28.5. The summed E-state index contributed by atoms with van der Waals surface area (Å²) < 4.78 is 5.51. The van der Waals surface area contributed by atoms with Crippen LogP contribution in [0.1, 0.15) is 57.4 Å². The molecular weight excluding hydrogens is 512 g/mol. The van der Waals surface area contributed by atoms with Crippen molar-refractivity contribution in [1.29, 1.82) is 0 Å². The Morgan fingerprint density at radius 3 is 2.37 bits per heavy atom. The van der Waals surface area contributed by atoms with Crippen LogP contribution in [0.5, 0.6) is 0 Å². The van der Waals surface area contributed by atoms with Crippen molar-refractivity contribution in [2.24, 2.45) is 11.7 Å². The number of nitrogens with one attached hydrogen (secondary N) is 1. The van der Waals surface area contributed by atoms with Gasteiger partial charge in [0.2, 0.25) is 5.91 Å². The Bertz CT molecular complexity index is 1340. The molecule has 0 bridgehead atoms. The fourth-order valence-electron chi connectivity index (χ4n) is 7.20. The minimum absolute atomic E-state index is 0.0577. The van der Waals surface area contributed by atoms with Gasteiger partial charge < -0.3 is 20.9 Å². The molecule has 0 spiro atoms. The second kappa shape index (κ2) is 11.6. The Labute approximate surface area is 243 Å². The van der Waals surface area contributed by atoms with Crippen molar-refractivity contribution in [3.63, 3.8) is 0 Å². The minimum Gasteiger partial charge on any atom is -0.390 e. The van der Waals surface area contributed by atoms with Gasteiger partial charge in [-0.15, -0.1) is 0 Å². The number of anilines is 1. The van der Waals surface area contributed by atoms with Gasteiger partial charge in [0.1, 0.15) is 0 Å². The third-order valence-corrected chi connectivity index (χ3v) is 9.23. The van der Waals surface area contributed by atoms with Gasteiger partial charge in [0.25, 0.3) is 0 Å². The first-order valence-corrected chi connectivity index (χ1v) is 15.1. The summed E-state index contributed by atoms with van der Waals surface area (Å²) in [5, 5.41) is 13.4. The molecule has 3 fully saturated rings. The van der Waals surface area contributed by atoms with E-state index in [4.69, 9.17) is 15.5 Å². The van der Waals surface area contributed by atoms with Crippen LogP contribution in [-0.2, 0) is 15.1 Å². The van der Waals surface area contributed by atoms with Crippen molar-refractivity contribution in [3.8, 4) is 22.4 Å². The Morgan fingerprint density at radius 1 is 1.02 bits per heavy atom. The maximum atomic E-state index is 13.1. The zero-order valence-corrected chi connectivity index (χ0v) is 24.0. The number of carbonyl (C=O) groups is 1. The standard InChI is InChI=1S/C34H42N4O3/c1-33(40)22-34(35,23-33)27-11-9-26(10-12-27)32-30(25-5-3-2-4-6-25)20-28(21-36-32)37-31(39)19-24-7-13-29(14-8-24)38-15-17-41-18-16-38/h2-6,9-12,20-21,24,29,40H,7-8,13-19,22-23,35H2,1H3,(H,37,39)/t24-,29-,33-,34-. The number of nitrogens with two attached hydrogens (primary N) is 1. The van der Waals surface area contributed by atoms with Crippen molar-refractivity contribution < 1.29 is 14.6 Å². The van der Waals surface area contributed by atoms with Crippen LogP contribution in [0.15, 0.2) is 66.9 Å². The molecule has 1 amide bonds. The number of morpholine rings is 1. The molecule has 1 saturated heterocycles. The molecule has 7 heteroatoms. The number of benzene rings is 2. The fourth-order valence-corrected chi connectivity index (χ4v) is 7.20. The molecule has 4 N–H and O–H groups in total. The second-order valence-corrected chi connectivity index (χ2v) is 12.6. The van der Waals surface area contributed by atoms with Crippen LogP contribution in [0.4, 0.5) is 5.69 Å². The predicted molar refractivity (Wildman–Crippen MR) is 162 cm³/mol. The summed E-state index contributed by atoms with van der Waals surface area (Å²) >= 11 is 0. The SMILES string of the molecule is C[C@]1(O)C[C@@](N)(c2ccc(-c3ncc(NC(=O)C[C@H]4CC[C@H](N5CCOCC5)CC4)cc3-c3ccccc3)cc2)C1. The van der Waals surface area contributed by atoms with Crippen LogP contribution in [0.25, 0.3) is 22.4 Å². The van der Waals surface area contributed by atoms with E-state index in [1.807, 2.05) is 43.3 Å². The highest BCUT2D eigenvalue weighted by Crippen LogP contribution is 2.46. The van der Waals surface area contributed by atoms with E-state index in [1.165, 1.54) is 0 Å². The topological polar surface area (TPSA) is 101 Å². The first-order valence-electron chi connectivity index (χ1n) is 15.1. The highest BCUT2D eigenvalue weighted by Gasteiger charge is 2.49. The molecule has 41 heavy (non-hydrogen) atoms. The van der Waals surface area contributed by atoms with Gasteiger partial charge in [0.15, 0.2) is 0 Å². The summed E-state index contributed by atoms with van der Waals surface area (Å²) in [5.41, 5.74) is 11.0. The molecule has 216 valence electrons. The number of hydrogen-bond acceptors (Lipinski definition) is 6. The molecule has 7 nitrogen and oxygen atoms in total. The lowest BCUT2D eigenvalue weighted by Crippen LogP contribution is -2.58. The summed E-state index contributed by atoms with van der Waals surface area (Å²) in [7, 11) is 0. The lowest BCUT2D eigenvalue weighted by atomic mass is 9.63. The van der Waals surface area contributed by atoms with Crippen molar-refractivity contribution in [3.05, 3.63) is 72.4 Å². The second-order valence-electron chi connectivity index (χ2n) is 12.6. The molecule has 1 aromatic heterocycles. The van der Waals surface area contributed by atoms with E-state index in [-0.39, 0.29) is 5.91 Å². The molecule has 2 aromatic carbocycles. The highest BCUT2D eigenvalue weighted by atomic mass is 16.5.